The van der Waals surface area contributed by atoms with Crippen molar-refractivity contribution in [1.29, 1.82) is 0 Å². The van der Waals surface area contributed by atoms with Gasteiger partial charge in [0.1, 0.15) is 5.75 Å². The topological polar surface area (TPSA) is 41.7 Å². The van der Waals surface area contributed by atoms with Crippen LogP contribution in [0, 0.1) is 0 Å². The molecule has 2 N–H and O–H groups in total. The minimum atomic E-state index is 0.590. The van der Waals surface area contributed by atoms with E-state index in [1.165, 1.54) is 12.8 Å². The van der Waals surface area contributed by atoms with Gasteiger partial charge in [-0.1, -0.05) is 6.92 Å². The number of hydrogen-bond donors (Lipinski definition) is 1. The van der Waals surface area contributed by atoms with Gasteiger partial charge >= 0.3 is 0 Å². The molecule has 0 saturated carbocycles. The summed E-state index contributed by atoms with van der Waals surface area (Å²) in [5, 5.41) is 0. The molecule has 4 heteroatoms. The van der Waals surface area contributed by atoms with Crippen molar-refractivity contribution in [3.63, 3.8) is 0 Å². The van der Waals surface area contributed by atoms with Crippen molar-refractivity contribution >= 4 is 11.4 Å². The van der Waals surface area contributed by atoms with Gasteiger partial charge in [0.25, 0.3) is 0 Å². The molecule has 1 aromatic rings. The Morgan fingerprint density at radius 2 is 2.00 bits per heavy atom. The summed E-state index contributed by atoms with van der Waals surface area (Å²) in [5.74, 6) is 0.877. The molecular formula is C16H27N3O. The van der Waals surface area contributed by atoms with E-state index >= 15 is 0 Å². The fourth-order valence-corrected chi connectivity index (χ4v) is 2.71. The minimum Gasteiger partial charge on any atom is -0.493 e. The maximum absolute atomic E-state index is 6.01. The molecule has 0 radical (unpaired) electrons. The van der Waals surface area contributed by atoms with Crippen LogP contribution in [-0.2, 0) is 0 Å². The lowest BCUT2D eigenvalue weighted by molar-refractivity contribution is 0.252. The first kappa shape index (κ1) is 15.0. The molecule has 2 rings (SSSR count). The van der Waals surface area contributed by atoms with Crippen LogP contribution in [-0.4, -0.2) is 44.7 Å². The highest BCUT2D eigenvalue weighted by Crippen LogP contribution is 2.28. The summed E-state index contributed by atoms with van der Waals surface area (Å²) >= 11 is 0. The van der Waals surface area contributed by atoms with Crippen LogP contribution in [0.5, 0.6) is 5.75 Å². The summed E-state index contributed by atoms with van der Waals surface area (Å²) in [6.45, 7) is 5.17. The van der Waals surface area contributed by atoms with Crippen LogP contribution >= 0.6 is 0 Å². The fraction of sp³-hybridized carbons (Fsp3) is 0.625. The van der Waals surface area contributed by atoms with Crippen molar-refractivity contribution in [3.05, 3.63) is 18.2 Å². The quantitative estimate of drug-likeness (QED) is 0.840. The number of likely N-dealkylation sites (tertiary alicyclic amines) is 1. The highest BCUT2D eigenvalue weighted by molar-refractivity contribution is 5.60. The largest absolute Gasteiger partial charge is 0.493 e. The Morgan fingerprint density at radius 1 is 1.30 bits per heavy atom. The van der Waals surface area contributed by atoms with E-state index in [4.69, 9.17) is 10.5 Å². The number of nitrogens with zero attached hydrogens (tertiary/aromatic N) is 2. The molecule has 1 aliphatic heterocycles. The second-order valence-electron chi connectivity index (χ2n) is 5.75. The smallest absolute Gasteiger partial charge is 0.123 e. The molecule has 1 aliphatic rings. The number of nitrogens with two attached hydrogens (primary N) is 1. The van der Waals surface area contributed by atoms with Crippen LogP contribution < -0.4 is 15.4 Å². The molecule has 0 amide bonds. The number of anilines is 2. The first-order valence-electron chi connectivity index (χ1n) is 7.55. The average Bonchev–Trinajstić information content (AvgIpc) is 2.44. The molecule has 1 heterocycles. The number of hydrogen-bond acceptors (Lipinski definition) is 4. The van der Waals surface area contributed by atoms with E-state index in [2.05, 4.69) is 36.9 Å². The Kier molecular flexibility index (Phi) is 5.12. The molecule has 1 aromatic carbocycles. The zero-order chi connectivity index (χ0) is 14.5. The molecule has 0 atom stereocenters. The summed E-state index contributed by atoms with van der Waals surface area (Å²) in [5.41, 5.74) is 7.94. The molecular weight excluding hydrogens is 250 g/mol. The molecule has 112 valence electrons. The van der Waals surface area contributed by atoms with Gasteiger partial charge in [0.2, 0.25) is 0 Å². The van der Waals surface area contributed by atoms with Crippen molar-refractivity contribution in [2.24, 2.45) is 0 Å². The number of ether oxygens (including phenoxy) is 1. The molecule has 0 aliphatic carbocycles. The first-order chi connectivity index (χ1) is 9.60. The SMILES string of the molecule is CCCOc1cc(N)cc(N(C)C2CCN(C)CC2)c1. The number of benzene rings is 1. The molecule has 0 aromatic heterocycles. The molecule has 20 heavy (non-hydrogen) atoms. The molecule has 1 fully saturated rings. The van der Waals surface area contributed by atoms with E-state index in [0.717, 1.165) is 43.2 Å². The van der Waals surface area contributed by atoms with Crippen molar-refractivity contribution in [2.75, 3.05) is 44.4 Å². The van der Waals surface area contributed by atoms with Gasteiger partial charge in [-0.2, -0.15) is 0 Å². The predicted molar refractivity (Wildman–Crippen MR) is 85.6 cm³/mol. The van der Waals surface area contributed by atoms with Gasteiger partial charge in [0, 0.05) is 36.6 Å². The van der Waals surface area contributed by atoms with Gasteiger partial charge in [-0.15, -0.1) is 0 Å². The minimum absolute atomic E-state index is 0.590. The lowest BCUT2D eigenvalue weighted by Crippen LogP contribution is -2.42. The van der Waals surface area contributed by atoms with Gasteiger partial charge in [-0.3, -0.25) is 0 Å². The Morgan fingerprint density at radius 3 is 2.65 bits per heavy atom. The van der Waals surface area contributed by atoms with Crippen LogP contribution in [0.4, 0.5) is 11.4 Å². The highest BCUT2D eigenvalue weighted by Gasteiger charge is 2.21. The van der Waals surface area contributed by atoms with Crippen molar-refractivity contribution < 1.29 is 4.74 Å². The van der Waals surface area contributed by atoms with Gasteiger partial charge in [-0.05, 0) is 45.5 Å². The number of piperidine rings is 1. The summed E-state index contributed by atoms with van der Waals surface area (Å²) in [7, 11) is 4.35. The maximum atomic E-state index is 6.01. The Bertz CT molecular complexity index is 428. The monoisotopic (exact) mass is 277 g/mol. The Balaban J connectivity index is 2.08. The Hall–Kier alpha value is -1.42. The third-order valence-electron chi connectivity index (χ3n) is 4.03. The van der Waals surface area contributed by atoms with Crippen molar-refractivity contribution in [1.82, 2.24) is 4.90 Å². The van der Waals surface area contributed by atoms with E-state index in [9.17, 15) is 0 Å². The van der Waals surface area contributed by atoms with Gasteiger partial charge < -0.3 is 20.3 Å². The van der Waals surface area contributed by atoms with E-state index < -0.39 is 0 Å². The van der Waals surface area contributed by atoms with Gasteiger partial charge in [-0.25, -0.2) is 0 Å². The standard InChI is InChI=1S/C16H27N3O/c1-4-9-20-16-11-13(17)10-15(12-16)19(3)14-5-7-18(2)8-6-14/h10-12,14H,4-9,17H2,1-3H3. The second kappa shape index (κ2) is 6.84. The zero-order valence-corrected chi connectivity index (χ0v) is 12.9. The summed E-state index contributed by atoms with van der Waals surface area (Å²) in [6, 6.07) is 6.63. The van der Waals surface area contributed by atoms with Gasteiger partial charge in [0.15, 0.2) is 0 Å². The van der Waals surface area contributed by atoms with Crippen molar-refractivity contribution in [3.8, 4) is 5.75 Å². The third kappa shape index (κ3) is 3.79. The van der Waals surface area contributed by atoms with Crippen LogP contribution in [0.25, 0.3) is 0 Å². The Labute approximate surface area is 122 Å². The highest BCUT2D eigenvalue weighted by atomic mass is 16.5. The van der Waals surface area contributed by atoms with Crippen LogP contribution in [0.2, 0.25) is 0 Å². The average molecular weight is 277 g/mol. The lowest BCUT2D eigenvalue weighted by atomic mass is 10.0. The van der Waals surface area contributed by atoms with Crippen LogP contribution in [0.3, 0.4) is 0 Å². The van der Waals surface area contributed by atoms with E-state index in [0.29, 0.717) is 6.04 Å². The van der Waals surface area contributed by atoms with E-state index in [1.54, 1.807) is 0 Å². The third-order valence-corrected chi connectivity index (χ3v) is 4.03. The second-order valence-corrected chi connectivity index (χ2v) is 5.75. The lowest BCUT2D eigenvalue weighted by Gasteiger charge is -2.36. The molecule has 0 spiro atoms. The summed E-state index contributed by atoms with van der Waals surface area (Å²) in [4.78, 5) is 4.74. The summed E-state index contributed by atoms with van der Waals surface area (Å²) in [6.07, 6.45) is 3.41. The predicted octanol–water partition coefficient (Wildman–Crippen LogP) is 2.59. The first-order valence-corrected chi connectivity index (χ1v) is 7.55. The maximum Gasteiger partial charge on any atom is 0.123 e. The number of nitrogen functional groups attached to an aromatic ring is 1. The van der Waals surface area contributed by atoms with E-state index in [-0.39, 0.29) is 0 Å². The van der Waals surface area contributed by atoms with Crippen LogP contribution in [0.1, 0.15) is 26.2 Å². The molecule has 4 nitrogen and oxygen atoms in total. The molecule has 0 bridgehead atoms. The molecule has 0 unspecified atom stereocenters. The zero-order valence-electron chi connectivity index (χ0n) is 12.9. The van der Waals surface area contributed by atoms with Gasteiger partial charge in [0.05, 0.1) is 6.61 Å². The summed E-state index contributed by atoms with van der Waals surface area (Å²) < 4.78 is 5.72. The van der Waals surface area contributed by atoms with Crippen molar-refractivity contribution in [2.45, 2.75) is 32.2 Å². The molecule has 1 saturated heterocycles. The van der Waals surface area contributed by atoms with Crippen LogP contribution in [0.15, 0.2) is 18.2 Å². The fourth-order valence-electron chi connectivity index (χ4n) is 2.71. The normalized spacial score (nSPS) is 17.1. The number of rotatable bonds is 5. The van der Waals surface area contributed by atoms with E-state index in [1.807, 2.05) is 12.1 Å².